The zero-order valence-electron chi connectivity index (χ0n) is 45.5. The van der Waals surface area contributed by atoms with Gasteiger partial charge in [-0.2, -0.15) is 0 Å². The third-order valence-electron chi connectivity index (χ3n) is 11.7. The molecule has 1 unspecified atom stereocenters. The Hall–Kier alpha value is -3.96. The smallest absolute Gasteiger partial charge is 0.306 e. The summed E-state index contributed by atoms with van der Waals surface area (Å²) in [6.45, 7) is 7.49. The third kappa shape index (κ3) is 56.6. The Labute approximate surface area is 432 Å². The van der Waals surface area contributed by atoms with Crippen molar-refractivity contribution in [3.8, 4) is 0 Å². The second-order valence-electron chi connectivity index (χ2n) is 18.4. The molecule has 70 heavy (non-hydrogen) atoms. The average Bonchev–Trinajstić information content (AvgIpc) is 3.36. The molecule has 0 saturated carbocycles. The number of carbonyl (C=O) groups is 2. The van der Waals surface area contributed by atoms with E-state index < -0.39 is 6.10 Å². The Bertz CT molecular complexity index is 1470. The summed E-state index contributed by atoms with van der Waals surface area (Å²) in [5.41, 5.74) is 0. The lowest BCUT2D eigenvalue weighted by molar-refractivity contribution is -0.163. The van der Waals surface area contributed by atoms with E-state index in [0.29, 0.717) is 19.4 Å². The van der Waals surface area contributed by atoms with Gasteiger partial charge in [0.25, 0.3) is 0 Å². The van der Waals surface area contributed by atoms with Gasteiger partial charge < -0.3 is 14.2 Å². The van der Waals surface area contributed by atoms with Crippen LogP contribution in [0, 0.1) is 0 Å². The lowest BCUT2D eigenvalue weighted by Crippen LogP contribution is -2.30. The molecule has 0 aliphatic heterocycles. The van der Waals surface area contributed by atoms with E-state index in [9.17, 15) is 9.59 Å². The molecule has 0 rings (SSSR count). The first-order chi connectivity index (χ1) is 34.6. The molecule has 0 radical (unpaired) electrons. The summed E-state index contributed by atoms with van der Waals surface area (Å²) < 4.78 is 17.4. The molecule has 5 nitrogen and oxygen atoms in total. The number of rotatable bonds is 51. The zero-order chi connectivity index (χ0) is 50.6. The fraction of sp³-hybridized carbons (Fsp3) is 0.631. The molecule has 0 fully saturated rings. The van der Waals surface area contributed by atoms with Crippen LogP contribution in [0.2, 0.25) is 0 Å². The molecule has 0 aliphatic carbocycles. The van der Waals surface area contributed by atoms with Crippen molar-refractivity contribution in [2.75, 3.05) is 19.8 Å². The fourth-order valence-corrected chi connectivity index (χ4v) is 7.44. The number of hydrogen-bond donors (Lipinski definition) is 0. The van der Waals surface area contributed by atoms with Gasteiger partial charge in [0.2, 0.25) is 0 Å². The Morgan fingerprint density at radius 2 is 0.643 bits per heavy atom. The standard InChI is InChI=1S/C65H106O5/c1-4-7-10-13-16-19-22-25-28-31-33-35-37-40-43-46-49-52-55-58-64(66)69-62-63(61-68-60-57-54-51-48-45-42-39-36-32-29-26-23-20-17-14-11-8-5-2)70-65(67)59-56-53-50-47-44-41-38-34-30-27-24-21-18-15-12-9-6-3/h8-9,11-12,16-21,25-30,33,35-36,38-39,41,63H,4-7,10,13-15,22-24,31-32,34,37,40,42-62H2,1-3H3/b11-8-,12-9-,19-16-,20-17-,21-18-,28-25-,29-26-,30-27-,35-33-,39-36-,41-38-. The van der Waals surface area contributed by atoms with Crippen molar-refractivity contribution in [3.63, 3.8) is 0 Å². The quantitative estimate of drug-likeness (QED) is 0.0345. The molecule has 0 aromatic rings. The maximum Gasteiger partial charge on any atom is 0.306 e. The predicted molar refractivity (Wildman–Crippen MR) is 306 cm³/mol. The van der Waals surface area contributed by atoms with Gasteiger partial charge in [0.1, 0.15) is 6.61 Å². The molecule has 1 atom stereocenters. The maximum atomic E-state index is 12.9. The van der Waals surface area contributed by atoms with Gasteiger partial charge in [-0.05, 0) is 135 Å². The van der Waals surface area contributed by atoms with Crippen LogP contribution in [0.4, 0.5) is 0 Å². The molecular formula is C65H106O5. The van der Waals surface area contributed by atoms with E-state index in [2.05, 4.69) is 154 Å². The Kier molecular flexibility index (Phi) is 56.0. The van der Waals surface area contributed by atoms with Crippen LogP contribution in [0.3, 0.4) is 0 Å². The topological polar surface area (TPSA) is 61.8 Å². The van der Waals surface area contributed by atoms with Crippen molar-refractivity contribution in [1.29, 1.82) is 0 Å². The van der Waals surface area contributed by atoms with Crippen molar-refractivity contribution >= 4 is 11.9 Å². The van der Waals surface area contributed by atoms with Crippen LogP contribution in [-0.4, -0.2) is 37.9 Å². The number of carbonyl (C=O) groups excluding carboxylic acids is 2. The molecule has 0 saturated heterocycles. The van der Waals surface area contributed by atoms with Crippen LogP contribution < -0.4 is 0 Å². The first kappa shape index (κ1) is 66.0. The maximum absolute atomic E-state index is 12.9. The zero-order valence-corrected chi connectivity index (χ0v) is 45.5. The van der Waals surface area contributed by atoms with E-state index in [-0.39, 0.29) is 25.2 Å². The van der Waals surface area contributed by atoms with E-state index in [0.717, 1.165) is 141 Å². The van der Waals surface area contributed by atoms with Gasteiger partial charge in [0.15, 0.2) is 6.10 Å². The number of esters is 2. The Morgan fingerprint density at radius 3 is 1.03 bits per heavy atom. The highest BCUT2D eigenvalue weighted by atomic mass is 16.6. The largest absolute Gasteiger partial charge is 0.462 e. The molecule has 0 heterocycles. The van der Waals surface area contributed by atoms with Crippen molar-refractivity contribution in [1.82, 2.24) is 0 Å². The molecule has 0 amide bonds. The molecule has 0 spiro atoms. The minimum atomic E-state index is -0.576. The lowest BCUT2D eigenvalue weighted by Gasteiger charge is -2.18. The second-order valence-corrected chi connectivity index (χ2v) is 18.4. The summed E-state index contributed by atoms with van der Waals surface area (Å²) in [6.07, 6.45) is 84.7. The summed E-state index contributed by atoms with van der Waals surface area (Å²) in [5, 5.41) is 0. The van der Waals surface area contributed by atoms with Crippen LogP contribution >= 0.6 is 0 Å². The van der Waals surface area contributed by atoms with Gasteiger partial charge in [0, 0.05) is 19.4 Å². The van der Waals surface area contributed by atoms with E-state index in [4.69, 9.17) is 14.2 Å². The summed E-state index contributed by atoms with van der Waals surface area (Å²) in [5.74, 6) is -0.456. The van der Waals surface area contributed by atoms with Gasteiger partial charge >= 0.3 is 11.9 Å². The van der Waals surface area contributed by atoms with Crippen molar-refractivity contribution in [3.05, 3.63) is 134 Å². The van der Waals surface area contributed by atoms with Crippen LogP contribution in [-0.2, 0) is 23.8 Å². The first-order valence-electron chi connectivity index (χ1n) is 28.7. The van der Waals surface area contributed by atoms with Crippen LogP contribution in [0.25, 0.3) is 0 Å². The minimum Gasteiger partial charge on any atom is -0.462 e. The first-order valence-corrected chi connectivity index (χ1v) is 28.7. The van der Waals surface area contributed by atoms with Gasteiger partial charge in [-0.1, -0.05) is 225 Å². The average molecular weight is 968 g/mol. The Balaban J connectivity index is 4.42. The van der Waals surface area contributed by atoms with Gasteiger partial charge in [-0.3, -0.25) is 9.59 Å². The van der Waals surface area contributed by atoms with Crippen molar-refractivity contribution < 1.29 is 23.8 Å². The van der Waals surface area contributed by atoms with E-state index in [1.807, 2.05) is 0 Å². The molecule has 0 bridgehead atoms. The number of hydrogen-bond acceptors (Lipinski definition) is 5. The van der Waals surface area contributed by atoms with Gasteiger partial charge in [-0.15, -0.1) is 0 Å². The summed E-state index contributed by atoms with van der Waals surface area (Å²) in [7, 11) is 0. The molecule has 0 N–H and O–H groups in total. The predicted octanol–water partition coefficient (Wildman–Crippen LogP) is 19.9. The van der Waals surface area contributed by atoms with E-state index in [1.54, 1.807) is 0 Å². The summed E-state index contributed by atoms with van der Waals surface area (Å²) in [6, 6.07) is 0. The number of ether oxygens (including phenoxy) is 3. The highest BCUT2D eigenvalue weighted by molar-refractivity contribution is 5.70. The lowest BCUT2D eigenvalue weighted by atomic mass is 10.1. The van der Waals surface area contributed by atoms with Gasteiger partial charge in [0.05, 0.1) is 6.61 Å². The van der Waals surface area contributed by atoms with Crippen LogP contribution in [0.15, 0.2) is 134 Å². The summed E-state index contributed by atoms with van der Waals surface area (Å²) in [4.78, 5) is 25.5. The SMILES string of the molecule is CC/C=C\C/C=C\C/C=C\C/C=C\CCCCCCCOCC(COC(=O)CCCCCCCC/C=C\C/C=C\C/C=C\CCCCC)OC(=O)CCCCCC/C=C\C/C=C\C/C=C\C/C=C\CC. The molecular weight excluding hydrogens is 861 g/mol. The normalized spacial score (nSPS) is 13.2. The van der Waals surface area contributed by atoms with Crippen molar-refractivity contribution in [2.45, 2.75) is 245 Å². The van der Waals surface area contributed by atoms with E-state index in [1.165, 1.54) is 64.2 Å². The second kappa shape index (κ2) is 59.3. The highest BCUT2D eigenvalue weighted by Crippen LogP contribution is 2.13. The molecule has 0 aliphatic rings. The van der Waals surface area contributed by atoms with Crippen LogP contribution in [0.1, 0.15) is 239 Å². The van der Waals surface area contributed by atoms with Crippen molar-refractivity contribution in [2.24, 2.45) is 0 Å². The molecule has 0 aromatic heterocycles. The molecule has 0 aromatic carbocycles. The van der Waals surface area contributed by atoms with Gasteiger partial charge in [-0.25, -0.2) is 0 Å². The fourth-order valence-electron chi connectivity index (χ4n) is 7.44. The number of unbranched alkanes of at least 4 members (excludes halogenated alkanes) is 18. The van der Waals surface area contributed by atoms with Crippen LogP contribution in [0.5, 0.6) is 0 Å². The minimum absolute atomic E-state index is 0.0518. The number of allylic oxidation sites excluding steroid dienone is 22. The molecule has 5 heteroatoms. The monoisotopic (exact) mass is 967 g/mol. The summed E-state index contributed by atoms with van der Waals surface area (Å²) >= 11 is 0. The molecule has 396 valence electrons. The highest BCUT2D eigenvalue weighted by Gasteiger charge is 2.17. The Morgan fingerprint density at radius 1 is 0.329 bits per heavy atom. The van der Waals surface area contributed by atoms with E-state index >= 15 is 0 Å². The third-order valence-corrected chi connectivity index (χ3v) is 11.7.